The molecule has 144 valence electrons. The van der Waals surface area contributed by atoms with Gasteiger partial charge in [0.25, 0.3) is 0 Å². The maximum absolute atomic E-state index is 10.3. The molecule has 2 N–H and O–H groups in total. The first-order valence-corrected chi connectivity index (χ1v) is 9.37. The molecule has 0 heterocycles. The molecule has 1 aromatic rings. The second kappa shape index (κ2) is 8.09. The molecule has 0 saturated carbocycles. The Labute approximate surface area is 155 Å². The summed E-state index contributed by atoms with van der Waals surface area (Å²) in [6.07, 6.45) is 0.507. The molecule has 0 aliphatic rings. The summed E-state index contributed by atoms with van der Waals surface area (Å²) in [5, 5.41) is 13.8. The van der Waals surface area contributed by atoms with Gasteiger partial charge in [0.05, 0.1) is 0 Å². The Kier molecular flexibility index (Phi) is 7.12. The maximum atomic E-state index is 10.3. The normalized spacial score (nSPS) is 14.5. The van der Waals surface area contributed by atoms with Gasteiger partial charge < -0.3 is 15.2 Å². The smallest absolute Gasteiger partial charge is 0.123 e. The van der Waals surface area contributed by atoms with E-state index in [4.69, 9.17) is 4.74 Å². The average molecular weight is 350 g/mol. The summed E-state index contributed by atoms with van der Waals surface area (Å²) >= 11 is 0. The van der Waals surface area contributed by atoms with Crippen molar-refractivity contribution in [3.05, 3.63) is 29.3 Å². The van der Waals surface area contributed by atoms with Crippen LogP contribution < -0.4 is 10.1 Å². The molecule has 0 radical (unpaired) electrons. The van der Waals surface area contributed by atoms with Crippen LogP contribution in [0.3, 0.4) is 0 Å². The molecule has 0 fully saturated rings. The van der Waals surface area contributed by atoms with E-state index in [1.807, 2.05) is 6.07 Å². The summed E-state index contributed by atoms with van der Waals surface area (Å²) in [6.45, 7) is 20.5. The molecule has 1 aromatic carbocycles. The molecule has 1 atom stereocenters. The van der Waals surface area contributed by atoms with Crippen LogP contribution in [-0.2, 0) is 5.41 Å². The molecule has 0 spiro atoms. The Bertz CT molecular complexity index is 550. The predicted octanol–water partition coefficient (Wildman–Crippen LogP) is 4.84. The highest BCUT2D eigenvalue weighted by Crippen LogP contribution is 2.32. The lowest BCUT2D eigenvalue weighted by Crippen LogP contribution is -2.46. The van der Waals surface area contributed by atoms with Crippen molar-refractivity contribution in [2.24, 2.45) is 5.41 Å². The molecule has 0 saturated heterocycles. The topological polar surface area (TPSA) is 41.5 Å². The molecule has 1 rings (SSSR count). The van der Waals surface area contributed by atoms with Crippen LogP contribution in [0.15, 0.2) is 18.2 Å². The van der Waals surface area contributed by atoms with Crippen molar-refractivity contribution < 1.29 is 9.84 Å². The number of ether oxygens (including phenoxy) is 1. The van der Waals surface area contributed by atoms with Crippen LogP contribution in [-0.4, -0.2) is 29.9 Å². The SMILES string of the molecule is Cc1ccc(OCC(O)CNC(C)(C)CC(C)(C)C)c(C(C)(C)C)c1. The lowest BCUT2D eigenvalue weighted by Gasteiger charge is -2.34. The highest BCUT2D eigenvalue weighted by atomic mass is 16.5. The largest absolute Gasteiger partial charge is 0.491 e. The number of aliphatic hydroxyl groups is 1. The first-order chi connectivity index (χ1) is 11.2. The molecule has 25 heavy (non-hydrogen) atoms. The van der Waals surface area contributed by atoms with Crippen molar-refractivity contribution in [3.8, 4) is 5.75 Å². The Morgan fingerprint density at radius 2 is 1.64 bits per heavy atom. The number of aryl methyl sites for hydroxylation is 1. The summed E-state index contributed by atoms with van der Waals surface area (Å²) in [5.41, 5.74) is 2.66. The van der Waals surface area contributed by atoms with Crippen LogP contribution in [0.5, 0.6) is 5.75 Å². The standard InChI is InChI=1S/C22H39NO2/c1-16-10-11-19(18(12-16)21(5,6)7)25-14-17(24)13-23-22(8,9)15-20(2,3)4/h10-12,17,23-24H,13-15H2,1-9H3. The fourth-order valence-corrected chi connectivity index (χ4v) is 3.38. The Balaban J connectivity index is 2.62. The van der Waals surface area contributed by atoms with E-state index < -0.39 is 6.10 Å². The quantitative estimate of drug-likeness (QED) is 0.740. The number of hydrogen-bond donors (Lipinski definition) is 2. The zero-order valence-corrected chi connectivity index (χ0v) is 17.8. The molecule has 1 unspecified atom stereocenters. The van der Waals surface area contributed by atoms with Crippen LogP contribution in [0.25, 0.3) is 0 Å². The molecule has 0 aliphatic heterocycles. The van der Waals surface area contributed by atoms with E-state index >= 15 is 0 Å². The molecule has 0 aromatic heterocycles. The van der Waals surface area contributed by atoms with Crippen LogP contribution in [0.4, 0.5) is 0 Å². The number of nitrogens with one attached hydrogen (secondary N) is 1. The lowest BCUT2D eigenvalue weighted by molar-refractivity contribution is 0.0935. The van der Waals surface area contributed by atoms with Gasteiger partial charge in [-0.1, -0.05) is 59.2 Å². The minimum absolute atomic E-state index is 0.0132. The minimum Gasteiger partial charge on any atom is -0.491 e. The Morgan fingerprint density at radius 3 is 2.16 bits per heavy atom. The third-order valence-corrected chi connectivity index (χ3v) is 4.16. The average Bonchev–Trinajstić information content (AvgIpc) is 2.40. The first kappa shape index (κ1) is 22.0. The Morgan fingerprint density at radius 1 is 1.04 bits per heavy atom. The fraction of sp³-hybridized carbons (Fsp3) is 0.727. The molecule has 3 nitrogen and oxygen atoms in total. The monoisotopic (exact) mass is 349 g/mol. The second-order valence-corrected chi connectivity index (χ2v) is 10.2. The van der Waals surface area contributed by atoms with Gasteiger partial charge in [-0.05, 0) is 49.7 Å². The van der Waals surface area contributed by atoms with Crippen molar-refractivity contribution in [3.63, 3.8) is 0 Å². The second-order valence-electron chi connectivity index (χ2n) is 10.2. The zero-order chi connectivity index (χ0) is 19.5. The molecule has 0 amide bonds. The van der Waals surface area contributed by atoms with Gasteiger partial charge in [0, 0.05) is 12.1 Å². The third-order valence-electron chi connectivity index (χ3n) is 4.16. The van der Waals surface area contributed by atoms with Gasteiger partial charge in [-0.3, -0.25) is 0 Å². The van der Waals surface area contributed by atoms with Gasteiger partial charge in [0.1, 0.15) is 18.5 Å². The molecular weight excluding hydrogens is 310 g/mol. The highest BCUT2D eigenvalue weighted by molar-refractivity contribution is 5.41. The predicted molar refractivity (Wildman–Crippen MR) is 108 cm³/mol. The summed E-state index contributed by atoms with van der Waals surface area (Å²) in [4.78, 5) is 0. The van der Waals surface area contributed by atoms with Crippen molar-refractivity contribution in [2.75, 3.05) is 13.2 Å². The number of rotatable bonds is 7. The van der Waals surface area contributed by atoms with E-state index in [0.29, 0.717) is 13.2 Å². The zero-order valence-electron chi connectivity index (χ0n) is 17.8. The van der Waals surface area contributed by atoms with Crippen LogP contribution in [0.1, 0.15) is 72.9 Å². The fourth-order valence-electron chi connectivity index (χ4n) is 3.38. The first-order valence-electron chi connectivity index (χ1n) is 9.37. The number of benzene rings is 1. The van der Waals surface area contributed by atoms with E-state index in [0.717, 1.165) is 12.2 Å². The van der Waals surface area contributed by atoms with Gasteiger partial charge in [-0.25, -0.2) is 0 Å². The summed E-state index contributed by atoms with van der Waals surface area (Å²) in [5.74, 6) is 0.867. The number of β-amino-alcohol motifs (C(OH)–C–C–N with tert-alkyl or cyclic N) is 1. The number of hydrogen-bond acceptors (Lipinski definition) is 3. The summed E-state index contributed by atoms with van der Waals surface area (Å²) < 4.78 is 5.96. The van der Waals surface area contributed by atoms with Crippen LogP contribution >= 0.6 is 0 Å². The van der Waals surface area contributed by atoms with Crippen LogP contribution in [0, 0.1) is 12.3 Å². The van der Waals surface area contributed by atoms with E-state index in [1.165, 1.54) is 11.1 Å². The lowest BCUT2D eigenvalue weighted by atomic mass is 9.82. The van der Waals surface area contributed by atoms with E-state index in [-0.39, 0.29) is 16.4 Å². The van der Waals surface area contributed by atoms with E-state index in [2.05, 4.69) is 79.8 Å². The van der Waals surface area contributed by atoms with Crippen molar-refractivity contribution in [1.82, 2.24) is 5.32 Å². The summed E-state index contributed by atoms with van der Waals surface area (Å²) in [7, 11) is 0. The van der Waals surface area contributed by atoms with Crippen LogP contribution in [0.2, 0.25) is 0 Å². The minimum atomic E-state index is -0.534. The van der Waals surface area contributed by atoms with Crippen molar-refractivity contribution in [1.29, 1.82) is 0 Å². The molecule has 0 aliphatic carbocycles. The molecule has 0 bridgehead atoms. The summed E-state index contributed by atoms with van der Waals surface area (Å²) in [6, 6.07) is 6.24. The molecular formula is C22H39NO2. The van der Waals surface area contributed by atoms with Crippen molar-refractivity contribution in [2.45, 2.75) is 85.8 Å². The van der Waals surface area contributed by atoms with Gasteiger partial charge in [-0.15, -0.1) is 0 Å². The third kappa shape index (κ3) is 8.24. The Hall–Kier alpha value is -1.06. The van der Waals surface area contributed by atoms with Gasteiger partial charge in [0.15, 0.2) is 0 Å². The van der Waals surface area contributed by atoms with E-state index in [9.17, 15) is 5.11 Å². The maximum Gasteiger partial charge on any atom is 0.123 e. The molecule has 3 heteroatoms. The number of aliphatic hydroxyl groups excluding tert-OH is 1. The van der Waals surface area contributed by atoms with Gasteiger partial charge >= 0.3 is 0 Å². The van der Waals surface area contributed by atoms with Crippen molar-refractivity contribution >= 4 is 0 Å². The highest BCUT2D eigenvalue weighted by Gasteiger charge is 2.26. The van der Waals surface area contributed by atoms with E-state index in [1.54, 1.807) is 0 Å². The van der Waals surface area contributed by atoms with Gasteiger partial charge in [0.2, 0.25) is 0 Å². The van der Waals surface area contributed by atoms with Gasteiger partial charge in [-0.2, -0.15) is 0 Å².